The lowest BCUT2D eigenvalue weighted by molar-refractivity contribution is -0.159. The Bertz CT molecular complexity index is 1100. The van der Waals surface area contributed by atoms with Crippen LogP contribution in [0.25, 0.3) is 0 Å². The fraction of sp³-hybridized carbons (Fsp3) is 0.444. The first-order valence-corrected chi connectivity index (χ1v) is 12.6. The van der Waals surface area contributed by atoms with Gasteiger partial charge in [0.1, 0.15) is 0 Å². The number of ether oxygens (including phenoxy) is 1. The summed E-state index contributed by atoms with van der Waals surface area (Å²) >= 11 is 0. The molecule has 0 radical (unpaired) electrons. The molecule has 11 heteroatoms. The van der Waals surface area contributed by atoms with Crippen molar-refractivity contribution in [2.45, 2.75) is 38.5 Å². The number of aliphatic carboxylic acids is 2. The van der Waals surface area contributed by atoms with Gasteiger partial charge < -0.3 is 24.7 Å². The van der Waals surface area contributed by atoms with Crippen LogP contribution in [-0.4, -0.2) is 81.5 Å². The number of hydrogen-bond acceptors (Lipinski definition) is 6. The highest BCUT2D eigenvalue weighted by atomic mass is 19.1. The predicted octanol–water partition coefficient (Wildman–Crippen LogP) is 2.86. The second-order valence-corrected chi connectivity index (χ2v) is 9.28. The highest BCUT2D eigenvalue weighted by Crippen LogP contribution is 2.26. The largest absolute Gasteiger partial charge is 0.490 e. The van der Waals surface area contributed by atoms with Crippen molar-refractivity contribution in [2.75, 3.05) is 32.8 Å². The molecule has 2 fully saturated rings. The second kappa shape index (κ2) is 14.1. The van der Waals surface area contributed by atoms with Crippen molar-refractivity contribution in [1.82, 2.24) is 14.8 Å². The van der Waals surface area contributed by atoms with Crippen molar-refractivity contribution in [3.05, 3.63) is 59.7 Å². The summed E-state index contributed by atoms with van der Waals surface area (Å²) in [7, 11) is 0. The Morgan fingerprint density at radius 1 is 0.947 bits per heavy atom. The first kappa shape index (κ1) is 28.5. The summed E-state index contributed by atoms with van der Waals surface area (Å²) in [5, 5.41) is 14.8. The van der Waals surface area contributed by atoms with Crippen LogP contribution in [0.15, 0.2) is 42.7 Å². The molecule has 204 valence electrons. The van der Waals surface area contributed by atoms with Gasteiger partial charge in [-0.1, -0.05) is 25.3 Å². The van der Waals surface area contributed by atoms with Gasteiger partial charge in [-0.25, -0.2) is 14.0 Å². The molecule has 1 aromatic carbocycles. The lowest BCUT2D eigenvalue weighted by Gasteiger charge is -2.35. The highest BCUT2D eigenvalue weighted by molar-refractivity contribution is 6.27. The molecular weight excluding hydrogens is 497 g/mol. The molecule has 1 aromatic heterocycles. The molecular formula is C27H32FN3O7. The molecule has 2 N–H and O–H groups in total. The molecule has 2 aliphatic rings. The van der Waals surface area contributed by atoms with Crippen LogP contribution < -0.4 is 4.74 Å². The van der Waals surface area contributed by atoms with E-state index in [1.165, 1.54) is 37.5 Å². The lowest BCUT2D eigenvalue weighted by Crippen LogP contribution is -2.51. The van der Waals surface area contributed by atoms with E-state index in [9.17, 15) is 14.0 Å². The number of benzene rings is 1. The van der Waals surface area contributed by atoms with E-state index < -0.39 is 17.8 Å². The Balaban J connectivity index is 0.000000599. The number of aromatic nitrogens is 1. The first-order chi connectivity index (χ1) is 18.2. The number of rotatable bonds is 6. The van der Waals surface area contributed by atoms with E-state index >= 15 is 0 Å². The third-order valence-corrected chi connectivity index (χ3v) is 6.56. The summed E-state index contributed by atoms with van der Waals surface area (Å²) in [6.07, 6.45) is 9.57. The molecule has 1 aliphatic heterocycles. The number of carboxylic acids is 2. The maximum atomic E-state index is 14.3. The summed E-state index contributed by atoms with van der Waals surface area (Å²) in [6, 6.07) is 8.02. The van der Waals surface area contributed by atoms with Crippen molar-refractivity contribution in [3.8, 4) is 5.75 Å². The van der Waals surface area contributed by atoms with Gasteiger partial charge in [-0.05, 0) is 48.6 Å². The monoisotopic (exact) mass is 529 g/mol. The predicted molar refractivity (Wildman–Crippen MR) is 134 cm³/mol. The minimum Gasteiger partial charge on any atom is -0.490 e. The number of halogens is 1. The summed E-state index contributed by atoms with van der Waals surface area (Å²) in [4.78, 5) is 51.2. The van der Waals surface area contributed by atoms with Crippen LogP contribution in [0, 0.1) is 11.7 Å². The molecule has 0 spiro atoms. The molecule has 38 heavy (non-hydrogen) atoms. The summed E-state index contributed by atoms with van der Waals surface area (Å²) < 4.78 is 20.0. The molecule has 0 atom stereocenters. The van der Waals surface area contributed by atoms with E-state index in [1.54, 1.807) is 22.2 Å². The van der Waals surface area contributed by atoms with E-state index in [1.807, 2.05) is 12.1 Å². The minimum atomic E-state index is -1.82. The number of hydrogen-bond donors (Lipinski definition) is 2. The average molecular weight is 530 g/mol. The highest BCUT2D eigenvalue weighted by Gasteiger charge is 2.26. The van der Waals surface area contributed by atoms with Gasteiger partial charge in [0.15, 0.2) is 11.6 Å². The Kier molecular flexibility index (Phi) is 10.6. The van der Waals surface area contributed by atoms with Gasteiger partial charge in [-0.3, -0.25) is 14.6 Å². The van der Waals surface area contributed by atoms with Crippen molar-refractivity contribution >= 4 is 23.8 Å². The van der Waals surface area contributed by atoms with E-state index in [0.29, 0.717) is 50.7 Å². The summed E-state index contributed by atoms with van der Waals surface area (Å²) in [5.74, 6) is -3.61. The first-order valence-electron chi connectivity index (χ1n) is 12.6. The number of piperazine rings is 1. The van der Waals surface area contributed by atoms with Crippen molar-refractivity contribution in [3.63, 3.8) is 0 Å². The zero-order valence-corrected chi connectivity index (χ0v) is 21.1. The Labute approximate surface area is 220 Å². The van der Waals surface area contributed by atoms with Crippen LogP contribution in [-0.2, 0) is 20.8 Å². The maximum Gasteiger partial charge on any atom is 0.414 e. The van der Waals surface area contributed by atoms with E-state index in [-0.39, 0.29) is 17.6 Å². The van der Waals surface area contributed by atoms with Gasteiger partial charge in [-0.2, -0.15) is 0 Å². The molecule has 1 saturated heterocycles. The zero-order valence-electron chi connectivity index (χ0n) is 21.1. The SMILES string of the molecule is O=C(Cc1cccnc1)N1CCN(C(=O)c2ccc(F)c(OCC3CCCCC3)c2)CC1.O=C(O)C(=O)O. The van der Waals surface area contributed by atoms with Crippen LogP contribution in [0.5, 0.6) is 5.75 Å². The van der Waals surface area contributed by atoms with E-state index in [4.69, 9.17) is 24.5 Å². The zero-order chi connectivity index (χ0) is 27.5. The van der Waals surface area contributed by atoms with E-state index in [0.717, 1.165) is 18.4 Å². The van der Waals surface area contributed by atoms with Gasteiger partial charge in [0.2, 0.25) is 5.91 Å². The number of pyridine rings is 1. The molecule has 2 heterocycles. The standard InChI is InChI=1S/C25H30FN3O3.C2H2O4/c26-22-9-8-21(16-23(22)32-18-19-5-2-1-3-6-19)25(31)29-13-11-28(12-14-29)24(30)15-20-7-4-10-27-17-20;3-1(4)2(5)6/h4,7-10,16-17,19H,1-3,5-6,11-15,18H2;(H,3,4)(H,5,6). The Morgan fingerprint density at radius 2 is 1.61 bits per heavy atom. The molecule has 1 saturated carbocycles. The van der Waals surface area contributed by atoms with Crippen LogP contribution in [0.3, 0.4) is 0 Å². The fourth-order valence-corrected chi connectivity index (χ4v) is 4.44. The van der Waals surface area contributed by atoms with Gasteiger partial charge >= 0.3 is 11.9 Å². The molecule has 0 unspecified atom stereocenters. The molecule has 10 nitrogen and oxygen atoms in total. The van der Waals surface area contributed by atoms with Gasteiger partial charge in [0.25, 0.3) is 5.91 Å². The normalized spacial score (nSPS) is 15.7. The number of amides is 2. The Hall–Kier alpha value is -4.02. The van der Waals surface area contributed by atoms with Crippen LogP contribution >= 0.6 is 0 Å². The summed E-state index contributed by atoms with van der Waals surface area (Å²) in [6.45, 7) is 2.36. The minimum absolute atomic E-state index is 0.0327. The maximum absolute atomic E-state index is 14.3. The number of carbonyl (C=O) groups is 4. The second-order valence-electron chi connectivity index (χ2n) is 9.28. The molecule has 2 amide bonds. The number of nitrogens with zero attached hydrogens (tertiary/aromatic N) is 3. The molecule has 1 aliphatic carbocycles. The third kappa shape index (κ3) is 8.53. The topological polar surface area (TPSA) is 137 Å². The van der Waals surface area contributed by atoms with Crippen LogP contribution in [0.4, 0.5) is 4.39 Å². The fourth-order valence-electron chi connectivity index (χ4n) is 4.44. The Morgan fingerprint density at radius 3 is 2.21 bits per heavy atom. The van der Waals surface area contributed by atoms with Crippen LogP contribution in [0.2, 0.25) is 0 Å². The van der Waals surface area contributed by atoms with Gasteiger partial charge in [0.05, 0.1) is 13.0 Å². The smallest absolute Gasteiger partial charge is 0.414 e. The quantitative estimate of drug-likeness (QED) is 0.545. The third-order valence-electron chi connectivity index (χ3n) is 6.56. The van der Waals surface area contributed by atoms with E-state index in [2.05, 4.69) is 4.98 Å². The summed E-state index contributed by atoms with van der Waals surface area (Å²) in [5.41, 5.74) is 1.29. The molecule has 4 rings (SSSR count). The number of carbonyl (C=O) groups excluding carboxylic acids is 2. The number of carboxylic acid groups (broad SMARTS) is 2. The van der Waals surface area contributed by atoms with Crippen molar-refractivity contribution in [1.29, 1.82) is 0 Å². The van der Waals surface area contributed by atoms with Crippen molar-refractivity contribution < 1.29 is 38.5 Å². The van der Waals surface area contributed by atoms with Crippen molar-refractivity contribution in [2.24, 2.45) is 5.92 Å². The van der Waals surface area contributed by atoms with Gasteiger partial charge in [0, 0.05) is 44.1 Å². The van der Waals surface area contributed by atoms with Gasteiger partial charge in [-0.15, -0.1) is 0 Å². The lowest BCUT2D eigenvalue weighted by atomic mass is 9.90. The average Bonchev–Trinajstić information content (AvgIpc) is 2.93. The molecule has 2 aromatic rings. The molecule has 0 bridgehead atoms. The van der Waals surface area contributed by atoms with Crippen LogP contribution in [0.1, 0.15) is 48.0 Å².